The Kier molecular flexibility index (Phi) is 5.42. The number of carbonyl (C=O) groups is 1. The predicted octanol–water partition coefficient (Wildman–Crippen LogP) is 7.19. The highest BCUT2D eigenvalue weighted by molar-refractivity contribution is 6.00. The van der Waals surface area contributed by atoms with Crippen molar-refractivity contribution in [3.63, 3.8) is 0 Å². The van der Waals surface area contributed by atoms with Crippen LogP contribution in [0.3, 0.4) is 0 Å². The van der Waals surface area contributed by atoms with Gasteiger partial charge in [0.2, 0.25) is 5.70 Å². The summed E-state index contributed by atoms with van der Waals surface area (Å²) in [6, 6.07) is 24.7. The van der Waals surface area contributed by atoms with E-state index in [2.05, 4.69) is 23.9 Å². The molecular weight excluding hydrogens is 461 g/mol. The Morgan fingerprint density at radius 3 is 2.41 bits per heavy atom. The molecule has 0 aliphatic heterocycles. The summed E-state index contributed by atoms with van der Waals surface area (Å²) in [5, 5.41) is 5.13. The summed E-state index contributed by atoms with van der Waals surface area (Å²) in [6.45, 7) is 11.8. The zero-order chi connectivity index (χ0) is 25.7. The Labute approximate surface area is 215 Å². The SMILES string of the molecule is [C-]#[N+]C1=C[C@@]2(C)c3c(c(-c4ccccc4)nn3-c3ccc(-c4ccccc4F)cc3)CC[C@@H]2[C@@H](C)C1=O. The largest absolute Gasteiger partial charge is 0.308 e. The van der Waals surface area contributed by atoms with Gasteiger partial charge < -0.3 is 4.79 Å². The lowest BCUT2D eigenvalue weighted by atomic mass is 9.58. The minimum Gasteiger partial charge on any atom is -0.308 e. The minimum atomic E-state index is -0.523. The van der Waals surface area contributed by atoms with Crippen LogP contribution in [0.2, 0.25) is 0 Å². The summed E-state index contributed by atoms with van der Waals surface area (Å²) in [5.41, 5.74) is 6.05. The zero-order valence-electron chi connectivity index (χ0n) is 20.8. The number of rotatable bonds is 3. The van der Waals surface area contributed by atoms with Crippen molar-refractivity contribution < 1.29 is 9.18 Å². The molecule has 3 aromatic carbocycles. The molecule has 2 aliphatic rings. The van der Waals surface area contributed by atoms with E-state index in [4.69, 9.17) is 11.7 Å². The number of allylic oxidation sites excluding steroid dienone is 2. The van der Waals surface area contributed by atoms with Crippen molar-refractivity contribution in [1.82, 2.24) is 9.78 Å². The highest BCUT2D eigenvalue weighted by Gasteiger charge is 2.50. The van der Waals surface area contributed by atoms with Crippen LogP contribution in [0.15, 0.2) is 90.6 Å². The van der Waals surface area contributed by atoms with E-state index in [1.165, 1.54) is 6.07 Å². The number of hydrogen-bond donors (Lipinski definition) is 0. The number of ketones is 1. The highest BCUT2D eigenvalue weighted by atomic mass is 19.1. The van der Waals surface area contributed by atoms with Gasteiger partial charge in [-0.3, -0.25) is 0 Å². The number of aromatic nitrogens is 2. The van der Waals surface area contributed by atoms with E-state index in [-0.39, 0.29) is 29.1 Å². The monoisotopic (exact) mass is 487 g/mol. The van der Waals surface area contributed by atoms with Crippen molar-refractivity contribution >= 4 is 5.78 Å². The van der Waals surface area contributed by atoms with Crippen LogP contribution in [-0.2, 0) is 16.6 Å². The van der Waals surface area contributed by atoms with Crippen molar-refractivity contribution in [1.29, 1.82) is 0 Å². The smallest absolute Gasteiger partial charge is 0.226 e. The van der Waals surface area contributed by atoms with Crippen molar-refractivity contribution in [2.75, 3.05) is 0 Å². The van der Waals surface area contributed by atoms with Gasteiger partial charge in [-0.05, 0) is 42.5 Å². The fourth-order valence-corrected chi connectivity index (χ4v) is 6.31. The standard InChI is InChI=1S/C32H26FN3O/c1-20-26-18-17-25-29(22-9-5-4-6-10-22)35-36(31(25)32(26,2)19-28(34-3)30(20)37)23-15-13-21(14-16-23)24-11-7-8-12-27(24)33/h4-16,19-20,26H,17-18H2,1-2H3/t20-,26-,32-/m1/s1. The van der Waals surface area contributed by atoms with Crippen molar-refractivity contribution in [3.05, 3.63) is 119 Å². The maximum absolute atomic E-state index is 14.4. The normalized spacial score (nSPS) is 22.5. The summed E-state index contributed by atoms with van der Waals surface area (Å²) >= 11 is 0. The van der Waals surface area contributed by atoms with Crippen molar-refractivity contribution in [3.8, 4) is 28.1 Å². The van der Waals surface area contributed by atoms with E-state index in [0.717, 1.165) is 46.6 Å². The molecule has 5 heteroatoms. The van der Waals surface area contributed by atoms with Crippen LogP contribution in [0.4, 0.5) is 4.39 Å². The van der Waals surface area contributed by atoms with Gasteiger partial charge >= 0.3 is 0 Å². The second-order valence-corrected chi connectivity index (χ2v) is 10.2. The number of hydrogen-bond acceptors (Lipinski definition) is 2. The van der Waals surface area contributed by atoms with Crippen LogP contribution < -0.4 is 0 Å². The third-order valence-electron chi connectivity index (χ3n) is 8.14. The van der Waals surface area contributed by atoms with E-state index in [9.17, 15) is 9.18 Å². The first-order chi connectivity index (χ1) is 17.9. The van der Waals surface area contributed by atoms with Gasteiger partial charge in [0.25, 0.3) is 0 Å². The molecule has 0 spiro atoms. The van der Waals surface area contributed by atoms with Gasteiger partial charge in [-0.15, -0.1) is 0 Å². The predicted molar refractivity (Wildman–Crippen MR) is 142 cm³/mol. The highest BCUT2D eigenvalue weighted by Crippen LogP contribution is 2.52. The van der Waals surface area contributed by atoms with Gasteiger partial charge in [0.05, 0.1) is 23.6 Å². The molecule has 6 rings (SSSR count). The minimum absolute atomic E-state index is 0.0653. The van der Waals surface area contributed by atoms with Crippen LogP contribution in [0.5, 0.6) is 0 Å². The third kappa shape index (κ3) is 3.55. The Morgan fingerprint density at radius 2 is 1.70 bits per heavy atom. The molecule has 0 unspecified atom stereocenters. The number of carbonyl (C=O) groups excluding carboxylic acids is 1. The molecule has 2 aliphatic carbocycles. The molecular formula is C32H26FN3O. The summed E-state index contributed by atoms with van der Waals surface area (Å²) < 4.78 is 16.4. The van der Waals surface area contributed by atoms with Crippen LogP contribution in [0.25, 0.3) is 32.9 Å². The molecule has 182 valence electrons. The molecule has 4 nitrogen and oxygen atoms in total. The molecule has 4 aromatic rings. The van der Waals surface area contributed by atoms with Gasteiger partial charge in [0.1, 0.15) is 5.82 Å². The summed E-state index contributed by atoms with van der Waals surface area (Å²) in [4.78, 5) is 16.5. The van der Waals surface area contributed by atoms with Crippen molar-refractivity contribution in [2.45, 2.75) is 32.1 Å². The maximum Gasteiger partial charge on any atom is 0.226 e. The Balaban J connectivity index is 1.57. The number of Topliss-reactive ketones (excluding diaryl/α,β-unsaturated/α-hetero) is 1. The molecule has 0 saturated carbocycles. The fourth-order valence-electron chi connectivity index (χ4n) is 6.31. The quantitative estimate of drug-likeness (QED) is 0.287. The van der Waals surface area contributed by atoms with E-state index >= 15 is 0 Å². The zero-order valence-corrected chi connectivity index (χ0v) is 20.8. The Hall–Kier alpha value is -4.30. The first-order valence-corrected chi connectivity index (χ1v) is 12.6. The number of fused-ring (bicyclic) bond motifs is 3. The number of halogens is 1. The van der Waals surface area contributed by atoms with Gasteiger partial charge in [-0.2, -0.15) is 5.10 Å². The molecule has 0 fully saturated rings. The topological polar surface area (TPSA) is 39.2 Å². The average Bonchev–Trinajstić information content (AvgIpc) is 3.33. The Bertz CT molecular complexity index is 1590. The molecule has 0 N–H and O–H groups in total. The second-order valence-electron chi connectivity index (χ2n) is 10.2. The van der Waals surface area contributed by atoms with Crippen LogP contribution >= 0.6 is 0 Å². The number of nitrogens with zero attached hydrogens (tertiary/aromatic N) is 3. The maximum atomic E-state index is 14.4. The lowest BCUT2D eigenvalue weighted by Crippen LogP contribution is -2.46. The summed E-state index contributed by atoms with van der Waals surface area (Å²) in [5.74, 6) is -0.482. The van der Waals surface area contributed by atoms with Gasteiger partial charge in [0.15, 0.2) is 5.78 Å². The van der Waals surface area contributed by atoms with Gasteiger partial charge in [-0.25, -0.2) is 13.9 Å². The molecule has 37 heavy (non-hydrogen) atoms. The fraction of sp³-hybridized carbons (Fsp3) is 0.219. The molecule has 1 aromatic heterocycles. The number of benzene rings is 3. The third-order valence-corrected chi connectivity index (χ3v) is 8.14. The van der Waals surface area contributed by atoms with Crippen LogP contribution in [0.1, 0.15) is 31.5 Å². The average molecular weight is 488 g/mol. The lowest BCUT2D eigenvalue weighted by Gasteiger charge is -2.45. The first-order valence-electron chi connectivity index (χ1n) is 12.6. The second kappa shape index (κ2) is 8.67. The van der Waals surface area contributed by atoms with E-state index in [1.54, 1.807) is 12.1 Å². The van der Waals surface area contributed by atoms with Crippen molar-refractivity contribution in [2.24, 2.45) is 11.8 Å². The summed E-state index contributed by atoms with van der Waals surface area (Å²) in [6.07, 6.45) is 3.55. The van der Waals surface area contributed by atoms with E-state index in [1.807, 2.05) is 66.2 Å². The molecule has 0 saturated heterocycles. The Morgan fingerprint density at radius 1 is 1.00 bits per heavy atom. The van der Waals surface area contributed by atoms with Gasteiger partial charge in [-0.1, -0.05) is 80.6 Å². The van der Waals surface area contributed by atoms with Gasteiger partial charge in [0, 0.05) is 28.0 Å². The first kappa shape index (κ1) is 23.1. The van der Waals surface area contributed by atoms with E-state index < -0.39 is 5.41 Å². The molecule has 0 radical (unpaired) electrons. The molecule has 0 amide bonds. The lowest BCUT2D eigenvalue weighted by molar-refractivity contribution is -0.121. The molecule has 1 heterocycles. The van der Waals surface area contributed by atoms with E-state index in [0.29, 0.717) is 5.56 Å². The van der Waals surface area contributed by atoms with Crippen LogP contribution in [-0.4, -0.2) is 15.6 Å². The molecule has 0 bridgehead atoms. The molecule has 3 atom stereocenters. The van der Waals surface area contributed by atoms with Crippen LogP contribution in [0, 0.1) is 24.2 Å². The summed E-state index contributed by atoms with van der Waals surface area (Å²) in [7, 11) is 0.